The Labute approximate surface area is 112 Å². The van der Waals surface area contributed by atoms with Crippen molar-refractivity contribution in [2.45, 2.75) is 20.4 Å². The largest absolute Gasteiger partial charge is 0.496 e. The average Bonchev–Trinajstić information content (AvgIpc) is 2.43. The lowest BCUT2D eigenvalue weighted by Crippen LogP contribution is -2.34. The van der Waals surface area contributed by atoms with Gasteiger partial charge in [-0.15, -0.1) is 0 Å². The number of amides is 1. The number of methoxy groups -OCH3 is 1. The monoisotopic (exact) mass is 265 g/mol. The van der Waals surface area contributed by atoms with Gasteiger partial charge in [-0.3, -0.25) is 9.59 Å². The summed E-state index contributed by atoms with van der Waals surface area (Å²) >= 11 is 0. The van der Waals surface area contributed by atoms with Gasteiger partial charge in [0.1, 0.15) is 5.75 Å². The molecule has 1 aromatic carbocycles. The zero-order chi connectivity index (χ0) is 14.4. The van der Waals surface area contributed by atoms with Crippen molar-refractivity contribution < 1.29 is 19.4 Å². The molecule has 0 aliphatic heterocycles. The molecule has 5 heteroatoms. The van der Waals surface area contributed by atoms with Crippen LogP contribution in [0.2, 0.25) is 0 Å². The molecule has 19 heavy (non-hydrogen) atoms. The van der Waals surface area contributed by atoms with Crippen LogP contribution < -0.4 is 10.1 Å². The second-order valence-corrected chi connectivity index (χ2v) is 4.45. The Kier molecular flexibility index (Phi) is 5.36. The SMILES string of the molecule is COc1ccccc1CNC(=O)C(C)C(C)C(=O)O. The first-order valence-corrected chi connectivity index (χ1v) is 6.09. The van der Waals surface area contributed by atoms with Gasteiger partial charge >= 0.3 is 5.97 Å². The summed E-state index contributed by atoms with van der Waals surface area (Å²) in [6.45, 7) is 3.45. The minimum atomic E-state index is -0.972. The number of carboxylic acids is 1. The molecular weight excluding hydrogens is 246 g/mol. The highest BCUT2D eigenvalue weighted by molar-refractivity contribution is 5.84. The van der Waals surface area contributed by atoms with Crippen LogP contribution in [0.15, 0.2) is 24.3 Å². The number of hydrogen-bond donors (Lipinski definition) is 2. The molecule has 2 unspecified atom stereocenters. The predicted octanol–water partition coefficient (Wildman–Crippen LogP) is 1.67. The smallest absolute Gasteiger partial charge is 0.307 e. The highest BCUT2D eigenvalue weighted by Crippen LogP contribution is 2.17. The summed E-state index contributed by atoms with van der Waals surface area (Å²) in [5.74, 6) is -1.84. The molecule has 0 fully saturated rings. The third-order valence-electron chi connectivity index (χ3n) is 3.20. The topological polar surface area (TPSA) is 75.6 Å². The normalized spacial score (nSPS) is 13.4. The van der Waals surface area contributed by atoms with E-state index < -0.39 is 17.8 Å². The Morgan fingerprint density at radius 2 is 1.89 bits per heavy atom. The molecule has 1 amide bonds. The van der Waals surface area contributed by atoms with Gasteiger partial charge in [0.2, 0.25) is 5.91 Å². The van der Waals surface area contributed by atoms with E-state index in [1.54, 1.807) is 14.0 Å². The van der Waals surface area contributed by atoms with E-state index in [0.29, 0.717) is 12.3 Å². The zero-order valence-corrected chi connectivity index (χ0v) is 11.3. The van der Waals surface area contributed by atoms with Crippen LogP contribution in [0, 0.1) is 11.8 Å². The molecule has 0 bridgehead atoms. The first-order valence-electron chi connectivity index (χ1n) is 6.09. The van der Waals surface area contributed by atoms with Crippen molar-refractivity contribution >= 4 is 11.9 Å². The van der Waals surface area contributed by atoms with Crippen molar-refractivity contribution in [1.82, 2.24) is 5.32 Å². The van der Waals surface area contributed by atoms with Gasteiger partial charge in [-0.1, -0.05) is 32.0 Å². The van der Waals surface area contributed by atoms with Gasteiger partial charge < -0.3 is 15.2 Å². The molecule has 0 spiro atoms. The van der Waals surface area contributed by atoms with E-state index in [1.807, 2.05) is 24.3 Å². The summed E-state index contributed by atoms with van der Waals surface area (Å²) in [5.41, 5.74) is 0.855. The second-order valence-electron chi connectivity index (χ2n) is 4.45. The number of carbonyl (C=O) groups excluding carboxylic acids is 1. The highest BCUT2D eigenvalue weighted by Gasteiger charge is 2.25. The quantitative estimate of drug-likeness (QED) is 0.820. The molecule has 0 heterocycles. The number of hydrogen-bond acceptors (Lipinski definition) is 3. The fraction of sp³-hybridized carbons (Fsp3) is 0.429. The first kappa shape index (κ1) is 15.0. The molecule has 0 aliphatic rings. The molecule has 1 aromatic rings. The van der Waals surface area contributed by atoms with Gasteiger partial charge in [-0.2, -0.15) is 0 Å². The Bertz CT molecular complexity index is 459. The van der Waals surface area contributed by atoms with E-state index in [1.165, 1.54) is 6.92 Å². The lowest BCUT2D eigenvalue weighted by molar-refractivity contribution is -0.146. The number of carboxylic acid groups (broad SMARTS) is 1. The van der Waals surface area contributed by atoms with E-state index in [0.717, 1.165) is 5.56 Å². The van der Waals surface area contributed by atoms with Gasteiger partial charge in [0.05, 0.1) is 13.0 Å². The van der Waals surface area contributed by atoms with Crippen LogP contribution >= 0.6 is 0 Å². The molecule has 0 aliphatic carbocycles. The Morgan fingerprint density at radius 3 is 2.47 bits per heavy atom. The molecule has 1 rings (SSSR count). The van der Waals surface area contributed by atoms with Crippen molar-refractivity contribution in [1.29, 1.82) is 0 Å². The van der Waals surface area contributed by atoms with Crippen LogP contribution in [-0.4, -0.2) is 24.1 Å². The molecular formula is C14H19NO4. The average molecular weight is 265 g/mol. The van der Waals surface area contributed by atoms with Gasteiger partial charge in [0.25, 0.3) is 0 Å². The molecule has 5 nitrogen and oxygen atoms in total. The van der Waals surface area contributed by atoms with E-state index in [4.69, 9.17) is 9.84 Å². The molecule has 2 atom stereocenters. The summed E-state index contributed by atoms with van der Waals surface area (Å²) in [5, 5.41) is 11.6. The van der Waals surface area contributed by atoms with E-state index in [9.17, 15) is 9.59 Å². The third-order valence-corrected chi connectivity index (χ3v) is 3.20. The Balaban J connectivity index is 2.61. The van der Waals surface area contributed by atoms with Crippen LogP contribution in [0.5, 0.6) is 5.75 Å². The van der Waals surface area contributed by atoms with Crippen LogP contribution in [0.3, 0.4) is 0 Å². The van der Waals surface area contributed by atoms with E-state index in [2.05, 4.69) is 5.32 Å². The molecule has 2 N–H and O–H groups in total. The lowest BCUT2D eigenvalue weighted by Gasteiger charge is -2.16. The number of aliphatic carboxylic acids is 1. The fourth-order valence-corrected chi connectivity index (χ4v) is 1.63. The van der Waals surface area contributed by atoms with Crippen molar-refractivity contribution in [3.63, 3.8) is 0 Å². The lowest BCUT2D eigenvalue weighted by atomic mass is 9.95. The number of carbonyl (C=O) groups is 2. The molecule has 104 valence electrons. The van der Waals surface area contributed by atoms with Crippen molar-refractivity contribution in [3.8, 4) is 5.75 Å². The molecule has 0 saturated heterocycles. The summed E-state index contributed by atoms with van der Waals surface area (Å²) in [6, 6.07) is 7.36. The number of ether oxygens (including phenoxy) is 1. The number of para-hydroxylation sites is 1. The molecule has 0 aromatic heterocycles. The van der Waals surface area contributed by atoms with Gasteiger partial charge in [-0.25, -0.2) is 0 Å². The summed E-state index contributed by atoms with van der Waals surface area (Å²) in [6.07, 6.45) is 0. The number of benzene rings is 1. The minimum Gasteiger partial charge on any atom is -0.496 e. The number of rotatable bonds is 6. The van der Waals surface area contributed by atoms with E-state index >= 15 is 0 Å². The zero-order valence-electron chi connectivity index (χ0n) is 11.3. The number of nitrogens with one attached hydrogen (secondary N) is 1. The fourth-order valence-electron chi connectivity index (χ4n) is 1.63. The van der Waals surface area contributed by atoms with Gasteiger partial charge in [0.15, 0.2) is 0 Å². The minimum absolute atomic E-state index is 0.277. The van der Waals surface area contributed by atoms with Crippen LogP contribution in [0.25, 0.3) is 0 Å². The summed E-state index contributed by atoms with van der Waals surface area (Å²) < 4.78 is 5.18. The molecule has 0 saturated carbocycles. The van der Waals surface area contributed by atoms with Crippen LogP contribution in [0.1, 0.15) is 19.4 Å². The third kappa shape index (κ3) is 3.98. The standard InChI is InChI=1S/C14H19NO4/c1-9(10(2)14(17)18)13(16)15-8-11-6-4-5-7-12(11)19-3/h4-7,9-10H,8H2,1-3H3,(H,15,16)(H,17,18). The first-order chi connectivity index (χ1) is 8.97. The Hall–Kier alpha value is -2.04. The summed E-state index contributed by atoms with van der Waals surface area (Å²) in [4.78, 5) is 22.7. The van der Waals surface area contributed by atoms with E-state index in [-0.39, 0.29) is 5.91 Å². The second kappa shape index (κ2) is 6.78. The maximum atomic E-state index is 11.8. The van der Waals surface area contributed by atoms with Gasteiger partial charge in [-0.05, 0) is 6.07 Å². The molecule has 0 radical (unpaired) electrons. The van der Waals surface area contributed by atoms with Crippen molar-refractivity contribution in [3.05, 3.63) is 29.8 Å². The maximum absolute atomic E-state index is 11.8. The van der Waals surface area contributed by atoms with Gasteiger partial charge in [0, 0.05) is 18.0 Å². The van der Waals surface area contributed by atoms with Crippen molar-refractivity contribution in [2.75, 3.05) is 7.11 Å². The van der Waals surface area contributed by atoms with Crippen LogP contribution in [0.4, 0.5) is 0 Å². The van der Waals surface area contributed by atoms with Crippen LogP contribution in [-0.2, 0) is 16.1 Å². The Morgan fingerprint density at radius 1 is 1.26 bits per heavy atom. The predicted molar refractivity (Wildman–Crippen MR) is 70.8 cm³/mol. The summed E-state index contributed by atoms with van der Waals surface area (Å²) in [7, 11) is 1.57. The highest BCUT2D eigenvalue weighted by atomic mass is 16.5. The van der Waals surface area contributed by atoms with Crippen molar-refractivity contribution in [2.24, 2.45) is 11.8 Å². The maximum Gasteiger partial charge on any atom is 0.307 e.